The van der Waals surface area contributed by atoms with Crippen LogP contribution in [-0.4, -0.2) is 43.4 Å². The fourth-order valence-corrected chi connectivity index (χ4v) is 5.91. The Labute approximate surface area is 195 Å². The first-order chi connectivity index (χ1) is 15.7. The minimum atomic E-state index is -1.27. The molecular formula is C25H29FN2O4S. The van der Waals surface area contributed by atoms with E-state index in [0.29, 0.717) is 13.1 Å². The summed E-state index contributed by atoms with van der Waals surface area (Å²) >= 11 is 0. The largest absolute Gasteiger partial charge is 0.491 e. The number of aromatic nitrogens is 1. The third-order valence-corrected chi connectivity index (χ3v) is 7.63. The predicted octanol–water partition coefficient (Wildman–Crippen LogP) is 4.86. The Balaban J connectivity index is 1.52. The SMILES string of the molecule is Cc1c(C2CCN(S(=O)c3ccc(OC(C)C)cc3)CC2)c2cc(F)ccc2n1CC(=O)O. The number of nitrogens with zero attached hydrogens (tertiary/aromatic N) is 2. The zero-order chi connectivity index (χ0) is 23.7. The molecule has 33 heavy (non-hydrogen) atoms. The summed E-state index contributed by atoms with van der Waals surface area (Å²) in [5.41, 5.74) is 2.60. The van der Waals surface area contributed by atoms with Gasteiger partial charge in [-0.2, -0.15) is 0 Å². The number of piperidine rings is 1. The molecule has 1 atom stereocenters. The lowest BCUT2D eigenvalue weighted by Gasteiger charge is -2.31. The van der Waals surface area contributed by atoms with E-state index in [-0.39, 0.29) is 24.4 Å². The first kappa shape index (κ1) is 23.4. The van der Waals surface area contributed by atoms with Crippen LogP contribution < -0.4 is 4.74 Å². The Bertz CT molecular complexity index is 1180. The van der Waals surface area contributed by atoms with Gasteiger partial charge in [-0.15, -0.1) is 0 Å². The Kier molecular flexibility index (Phi) is 6.86. The van der Waals surface area contributed by atoms with Crippen molar-refractivity contribution in [3.05, 3.63) is 59.5 Å². The maximum atomic E-state index is 14.1. The lowest BCUT2D eigenvalue weighted by Crippen LogP contribution is -2.34. The highest BCUT2D eigenvalue weighted by molar-refractivity contribution is 7.82. The van der Waals surface area contributed by atoms with Crippen molar-refractivity contribution >= 4 is 27.9 Å². The molecule has 0 radical (unpaired) electrons. The molecule has 6 nitrogen and oxygen atoms in total. The fraction of sp³-hybridized carbons (Fsp3) is 0.400. The number of fused-ring (bicyclic) bond motifs is 1. The highest BCUT2D eigenvalue weighted by atomic mass is 32.2. The van der Waals surface area contributed by atoms with E-state index in [1.165, 1.54) is 12.1 Å². The van der Waals surface area contributed by atoms with Gasteiger partial charge in [-0.05, 0) is 87.6 Å². The molecular weight excluding hydrogens is 443 g/mol. The van der Waals surface area contributed by atoms with Crippen LogP contribution in [0.4, 0.5) is 4.39 Å². The third kappa shape index (κ3) is 4.96. The van der Waals surface area contributed by atoms with Crippen LogP contribution in [0.2, 0.25) is 0 Å². The maximum absolute atomic E-state index is 14.1. The van der Waals surface area contributed by atoms with Gasteiger partial charge in [0.25, 0.3) is 0 Å². The number of rotatable bonds is 7. The van der Waals surface area contributed by atoms with Crippen LogP contribution in [0.5, 0.6) is 5.75 Å². The van der Waals surface area contributed by atoms with Gasteiger partial charge in [-0.25, -0.2) is 12.9 Å². The van der Waals surface area contributed by atoms with Gasteiger partial charge in [0.2, 0.25) is 0 Å². The Morgan fingerprint density at radius 3 is 2.45 bits per heavy atom. The van der Waals surface area contributed by atoms with E-state index in [0.717, 1.165) is 45.6 Å². The topological polar surface area (TPSA) is 71.8 Å². The highest BCUT2D eigenvalue weighted by Gasteiger charge is 2.29. The standard InChI is InChI=1S/C25H29FN2O4S/c1-16(2)32-20-5-7-21(8-6-20)33(31)27-12-10-18(11-13-27)25-17(3)28(15-24(29)30)23-9-4-19(26)14-22(23)25/h4-9,14,16,18H,10-13,15H2,1-3H3,(H,29,30). The van der Waals surface area contributed by atoms with Crippen molar-refractivity contribution in [1.82, 2.24) is 8.87 Å². The number of hydrogen-bond acceptors (Lipinski definition) is 3. The van der Waals surface area contributed by atoms with Gasteiger partial charge in [0.05, 0.1) is 11.0 Å². The van der Waals surface area contributed by atoms with E-state index in [9.17, 15) is 18.5 Å². The zero-order valence-electron chi connectivity index (χ0n) is 19.1. The first-order valence-electron chi connectivity index (χ1n) is 11.2. The summed E-state index contributed by atoms with van der Waals surface area (Å²) in [6.45, 7) is 6.95. The first-order valence-corrected chi connectivity index (χ1v) is 12.3. The number of carboxylic acid groups (broad SMARTS) is 1. The van der Waals surface area contributed by atoms with E-state index in [1.807, 2.05) is 49.3 Å². The van der Waals surface area contributed by atoms with E-state index >= 15 is 0 Å². The molecule has 2 aromatic carbocycles. The van der Waals surface area contributed by atoms with Crippen molar-refractivity contribution in [3.63, 3.8) is 0 Å². The van der Waals surface area contributed by atoms with Crippen molar-refractivity contribution in [2.24, 2.45) is 0 Å². The van der Waals surface area contributed by atoms with Crippen LogP contribution in [0.3, 0.4) is 0 Å². The maximum Gasteiger partial charge on any atom is 0.323 e. The average Bonchev–Trinajstić information content (AvgIpc) is 3.03. The number of ether oxygens (including phenoxy) is 1. The second-order valence-corrected chi connectivity index (χ2v) is 10.2. The van der Waals surface area contributed by atoms with E-state index < -0.39 is 17.0 Å². The monoisotopic (exact) mass is 472 g/mol. The molecule has 1 saturated heterocycles. The summed E-state index contributed by atoms with van der Waals surface area (Å²) in [5.74, 6) is -0.357. The third-order valence-electron chi connectivity index (χ3n) is 6.12. The van der Waals surface area contributed by atoms with Crippen LogP contribution in [0.1, 0.15) is 43.9 Å². The molecule has 8 heteroatoms. The van der Waals surface area contributed by atoms with Crippen molar-refractivity contribution < 1.29 is 23.2 Å². The van der Waals surface area contributed by atoms with Crippen molar-refractivity contribution in [2.45, 2.75) is 57.1 Å². The van der Waals surface area contributed by atoms with Crippen molar-refractivity contribution in [1.29, 1.82) is 0 Å². The van der Waals surface area contributed by atoms with Gasteiger partial charge < -0.3 is 14.4 Å². The van der Waals surface area contributed by atoms with Crippen molar-refractivity contribution in [3.8, 4) is 5.75 Å². The lowest BCUT2D eigenvalue weighted by atomic mass is 9.88. The molecule has 1 aliphatic heterocycles. The summed E-state index contributed by atoms with van der Waals surface area (Å²) in [7, 11) is -1.27. The molecule has 1 N–H and O–H groups in total. The van der Waals surface area contributed by atoms with E-state index in [2.05, 4.69) is 0 Å². The van der Waals surface area contributed by atoms with Crippen LogP contribution >= 0.6 is 0 Å². The van der Waals surface area contributed by atoms with Crippen LogP contribution in [0.15, 0.2) is 47.4 Å². The van der Waals surface area contributed by atoms with Crippen LogP contribution in [-0.2, 0) is 22.3 Å². The molecule has 4 rings (SSSR count). The number of aliphatic carboxylic acids is 1. The summed E-state index contributed by atoms with van der Waals surface area (Å²) < 4.78 is 36.5. The molecule has 1 unspecified atom stereocenters. The number of carboxylic acids is 1. The second-order valence-electron chi connectivity index (χ2n) is 8.73. The number of hydrogen-bond donors (Lipinski definition) is 1. The molecule has 0 aliphatic carbocycles. The molecule has 1 aromatic heterocycles. The molecule has 0 spiro atoms. The Morgan fingerprint density at radius 1 is 1.18 bits per heavy atom. The minimum Gasteiger partial charge on any atom is -0.491 e. The minimum absolute atomic E-state index is 0.0822. The molecule has 1 fully saturated rings. The summed E-state index contributed by atoms with van der Waals surface area (Å²) in [5, 5.41) is 10.1. The highest BCUT2D eigenvalue weighted by Crippen LogP contribution is 2.38. The zero-order valence-corrected chi connectivity index (χ0v) is 19.9. The molecule has 0 bridgehead atoms. The van der Waals surface area contributed by atoms with E-state index in [4.69, 9.17) is 4.74 Å². The quantitative estimate of drug-likeness (QED) is 0.533. The molecule has 3 aromatic rings. The van der Waals surface area contributed by atoms with Crippen LogP contribution in [0.25, 0.3) is 10.9 Å². The van der Waals surface area contributed by atoms with Gasteiger partial charge in [-0.1, -0.05) is 0 Å². The summed E-state index contributed by atoms with van der Waals surface area (Å²) in [6.07, 6.45) is 1.62. The van der Waals surface area contributed by atoms with Gasteiger partial charge in [0.15, 0.2) is 0 Å². The van der Waals surface area contributed by atoms with Gasteiger partial charge >= 0.3 is 5.97 Å². The van der Waals surface area contributed by atoms with Gasteiger partial charge in [0, 0.05) is 29.7 Å². The normalized spacial score (nSPS) is 16.4. The lowest BCUT2D eigenvalue weighted by molar-refractivity contribution is -0.137. The smallest absolute Gasteiger partial charge is 0.323 e. The molecule has 2 heterocycles. The molecule has 1 aliphatic rings. The van der Waals surface area contributed by atoms with Crippen molar-refractivity contribution in [2.75, 3.05) is 13.1 Å². The van der Waals surface area contributed by atoms with E-state index in [1.54, 1.807) is 10.6 Å². The average molecular weight is 473 g/mol. The summed E-state index contributed by atoms with van der Waals surface area (Å²) in [6, 6.07) is 11.9. The Hall–Kier alpha value is -2.71. The molecule has 0 amide bonds. The molecule has 0 saturated carbocycles. The fourth-order valence-electron chi connectivity index (χ4n) is 4.70. The van der Waals surface area contributed by atoms with Gasteiger partial charge in [0.1, 0.15) is 29.1 Å². The van der Waals surface area contributed by atoms with Gasteiger partial charge in [-0.3, -0.25) is 4.79 Å². The number of benzene rings is 2. The Morgan fingerprint density at radius 2 is 1.85 bits per heavy atom. The summed E-state index contributed by atoms with van der Waals surface area (Å²) in [4.78, 5) is 12.1. The van der Waals surface area contributed by atoms with Crippen LogP contribution in [0, 0.1) is 12.7 Å². The number of carbonyl (C=O) groups is 1. The molecule has 176 valence electrons. The second kappa shape index (κ2) is 9.65. The predicted molar refractivity (Wildman–Crippen MR) is 126 cm³/mol. The number of halogens is 1.